The smallest absolute Gasteiger partial charge is 0.253 e. The van der Waals surface area contributed by atoms with Crippen molar-refractivity contribution in [1.29, 1.82) is 0 Å². The van der Waals surface area contributed by atoms with Gasteiger partial charge in [-0.05, 0) is 36.2 Å². The number of amides is 2. The zero-order chi connectivity index (χ0) is 23.0. The number of hydrogen-bond acceptors (Lipinski definition) is 4. The molecule has 1 aromatic heterocycles. The van der Waals surface area contributed by atoms with E-state index in [0.717, 1.165) is 27.6 Å². The zero-order valence-corrected chi connectivity index (χ0v) is 18.9. The first-order valence-electron chi connectivity index (χ1n) is 10.4. The lowest BCUT2D eigenvalue weighted by Crippen LogP contribution is -2.50. The number of hydrogen-bond donors (Lipinski definition) is 2. The molecule has 0 radical (unpaired) electrons. The first-order valence-corrected chi connectivity index (χ1v) is 12.2. The lowest BCUT2D eigenvalue weighted by molar-refractivity contribution is -0.119. The van der Waals surface area contributed by atoms with Crippen LogP contribution < -0.4 is 5.73 Å². The second-order valence-electron chi connectivity index (χ2n) is 8.16. The number of piperazine rings is 1. The van der Waals surface area contributed by atoms with Crippen molar-refractivity contribution in [2.24, 2.45) is 5.73 Å². The van der Waals surface area contributed by atoms with Crippen LogP contribution in [-0.4, -0.2) is 66.9 Å². The topological polar surface area (TPSA) is 117 Å². The van der Waals surface area contributed by atoms with Crippen molar-refractivity contribution in [3.63, 3.8) is 0 Å². The predicted octanol–water partition coefficient (Wildman–Crippen LogP) is 2.14. The van der Waals surface area contributed by atoms with Gasteiger partial charge in [0.05, 0.1) is 12.2 Å². The van der Waals surface area contributed by atoms with E-state index >= 15 is 0 Å². The normalized spacial score (nSPS) is 16.2. The third kappa shape index (κ3) is 4.26. The van der Waals surface area contributed by atoms with Gasteiger partial charge in [-0.1, -0.05) is 24.3 Å². The maximum atomic E-state index is 13.1. The Labute approximate surface area is 187 Å². The minimum absolute atomic E-state index is 0.113. The summed E-state index contributed by atoms with van der Waals surface area (Å²) in [7, 11) is -3.24. The highest BCUT2D eigenvalue weighted by atomic mass is 32.2. The molecule has 32 heavy (non-hydrogen) atoms. The SMILES string of the molecule is CC(C(N)=O)c1ccc(-c2c[nH]c3ccc(C(=O)N4CCN(S(C)(=O)=O)CC4)cc23)cc1. The van der Waals surface area contributed by atoms with Gasteiger partial charge in [0.1, 0.15) is 0 Å². The third-order valence-electron chi connectivity index (χ3n) is 6.07. The highest BCUT2D eigenvalue weighted by Crippen LogP contribution is 2.31. The van der Waals surface area contributed by atoms with Gasteiger partial charge in [-0.2, -0.15) is 4.31 Å². The van der Waals surface area contributed by atoms with Crippen LogP contribution in [0.25, 0.3) is 22.0 Å². The van der Waals surface area contributed by atoms with E-state index in [4.69, 9.17) is 5.73 Å². The second kappa shape index (κ2) is 8.40. The van der Waals surface area contributed by atoms with E-state index in [1.54, 1.807) is 17.9 Å². The van der Waals surface area contributed by atoms with Crippen molar-refractivity contribution < 1.29 is 18.0 Å². The van der Waals surface area contributed by atoms with Crippen molar-refractivity contribution in [2.75, 3.05) is 32.4 Å². The lowest BCUT2D eigenvalue weighted by Gasteiger charge is -2.33. The Morgan fingerprint density at radius 1 is 1.03 bits per heavy atom. The van der Waals surface area contributed by atoms with Crippen molar-refractivity contribution >= 4 is 32.7 Å². The van der Waals surface area contributed by atoms with Gasteiger partial charge in [0.15, 0.2) is 0 Å². The molecule has 1 aliphatic rings. The molecule has 0 spiro atoms. The monoisotopic (exact) mass is 454 g/mol. The van der Waals surface area contributed by atoms with Crippen LogP contribution in [0.1, 0.15) is 28.8 Å². The van der Waals surface area contributed by atoms with E-state index in [9.17, 15) is 18.0 Å². The highest BCUT2D eigenvalue weighted by Gasteiger charge is 2.27. The van der Waals surface area contributed by atoms with Crippen molar-refractivity contribution in [3.05, 3.63) is 59.8 Å². The van der Waals surface area contributed by atoms with Crippen molar-refractivity contribution in [3.8, 4) is 11.1 Å². The van der Waals surface area contributed by atoms with Gasteiger partial charge in [0, 0.05) is 54.4 Å². The van der Waals surface area contributed by atoms with Gasteiger partial charge in [0.25, 0.3) is 5.91 Å². The van der Waals surface area contributed by atoms with Crippen LogP contribution in [0.3, 0.4) is 0 Å². The summed E-state index contributed by atoms with van der Waals surface area (Å²) in [6, 6.07) is 13.2. The molecule has 4 rings (SSSR count). The fourth-order valence-electron chi connectivity index (χ4n) is 4.01. The van der Waals surface area contributed by atoms with E-state index in [1.807, 2.05) is 42.6 Å². The summed E-state index contributed by atoms with van der Waals surface area (Å²) in [5.74, 6) is -0.845. The largest absolute Gasteiger partial charge is 0.369 e. The fourth-order valence-corrected chi connectivity index (χ4v) is 4.84. The van der Waals surface area contributed by atoms with Gasteiger partial charge in [-0.25, -0.2) is 8.42 Å². The number of carbonyl (C=O) groups is 2. The molecule has 9 heteroatoms. The minimum Gasteiger partial charge on any atom is -0.369 e. The molecular weight excluding hydrogens is 428 g/mol. The molecule has 0 saturated carbocycles. The third-order valence-corrected chi connectivity index (χ3v) is 7.38. The van der Waals surface area contributed by atoms with E-state index in [2.05, 4.69) is 4.98 Å². The molecule has 1 saturated heterocycles. The summed E-state index contributed by atoms with van der Waals surface area (Å²) in [4.78, 5) is 29.4. The number of aromatic nitrogens is 1. The molecule has 1 fully saturated rings. The van der Waals surface area contributed by atoms with E-state index in [0.29, 0.717) is 31.7 Å². The number of carbonyl (C=O) groups excluding carboxylic acids is 2. The number of benzene rings is 2. The number of nitrogens with zero attached hydrogens (tertiary/aromatic N) is 2. The highest BCUT2D eigenvalue weighted by molar-refractivity contribution is 7.88. The molecule has 0 aliphatic carbocycles. The van der Waals surface area contributed by atoms with Crippen LogP contribution in [0.15, 0.2) is 48.7 Å². The molecule has 0 bridgehead atoms. The summed E-state index contributed by atoms with van der Waals surface area (Å²) >= 11 is 0. The summed E-state index contributed by atoms with van der Waals surface area (Å²) in [5, 5.41) is 0.918. The van der Waals surface area contributed by atoms with Gasteiger partial charge < -0.3 is 15.6 Å². The average Bonchev–Trinajstić information content (AvgIpc) is 3.21. The van der Waals surface area contributed by atoms with Gasteiger partial charge in [-0.3, -0.25) is 9.59 Å². The zero-order valence-electron chi connectivity index (χ0n) is 18.0. The molecule has 2 amide bonds. The van der Waals surface area contributed by atoms with Gasteiger partial charge in [0.2, 0.25) is 15.9 Å². The van der Waals surface area contributed by atoms with Crippen LogP contribution in [0.4, 0.5) is 0 Å². The number of nitrogens with two attached hydrogens (primary N) is 1. The Kier molecular flexibility index (Phi) is 5.79. The number of fused-ring (bicyclic) bond motifs is 1. The first kappa shape index (κ1) is 22.0. The Hall–Kier alpha value is -3.17. The lowest BCUT2D eigenvalue weighted by atomic mass is 9.96. The summed E-state index contributed by atoms with van der Waals surface area (Å²) in [6.45, 7) is 3.11. The van der Waals surface area contributed by atoms with Gasteiger partial charge >= 0.3 is 0 Å². The summed E-state index contributed by atoms with van der Waals surface area (Å²) < 4.78 is 24.8. The van der Waals surface area contributed by atoms with E-state index < -0.39 is 10.0 Å². The Morgan fingerprint density at radius 3 is 2.28 bits per heavy atom. The first-order chi connectivity index (χ1) is 15.1. The molecule has 168 valence electrons. The standard InChI is InChI=1S/C23H26N4O4S/c1-15(22(24)28)16-3-5-17(6-4-16)20-14-25-21-8-7-18(13-19(20)21)23(29)26-9-11-27(12-10-26)32(2,30)31/h3-8,13-15,25H,9-12H2,1-2H3,(H2,24,28). The number of sulfonamides is 1. The molecule has 3 N–H and O–H groups in total. The number of aromatic amines is 1. The number of rotatable bonds is 5. The maximum absolute atomic E-state index is 13.1. The number of nitrogens with one attached hydrogen (secondary N) is 1. The number of primary amides is 1. The van der Waals surface area contributed by atoms with Gasteiger partial charge in [-0.15, -0.1) is 0 Å². The second-order valence-corrected chi connectivity index (χ2v) is 10.1. The van der Waals surface area contributed by atoms with Crippen LogP contribution in [0, 0.1) is 0 Å². The molecule has 3 aromatic rings. The average molecular weight is 455 g/mol. The van der Waals surface area contributed by atoms with Crippen LogP contribution >= 0.6 is 0 Å². The Morgan fingerprint density at radius 2 is 1.69 bits per heavy atom. The van der Waals surface area contributed by atoms with E-state index in [-0.39, 0.29) is 17.7 Å². The Bertz CT molecular complexity index is 1270. The van der Waals surface area contributed by atoms with E-state index in [1.165, 1.54) is 10.6 Å². The van der Waals surface area contributed by atoms with Crippen LogP contribution in [0.2, 0.25) is 0 Å². The van der Waals surface area contributed by atoms with Crippen LogP contribution in [0.5, 0.6) is 0 Å². The van der Waals surface area contributed by atoms with Crippen LogP contribution in [-0.2, 0) is 14.8 Å². The number of H-pyrrole nitrogens is 1. The van der Waals surface area contributed by atoms with Crippen molar-refractivity contribution in [2.45, 2.75) is 12.8 Å². The molecular formula is C23H26N4O4S. The molecule has 8 nitrogen and oxygen atoms in total. The molecule has 2 aromatic carbocycles. The quantitative estimate of drug-likeness (QED) is 0.614. The summed E-state index contributed by atoms with van der Waals surface area (Å²) in [5.41, 5.74) is 9.64. The molecule has 1 unspecified atom stereocenters. The Balaban J connectivity index is 1.58. The van der Waals surface area contributed by atoms with Crippen molar-refractivity contribution in [1.82, 2.24) is 14.2 Å². The summed E-state index contributed by atoms with van der Waals surface area (Å²) in [6.07, 6.45) is 3.09. The predicted molar refractivity (Wildman–Crippen MR) is 124 cm³/mol. The maximum Gasteiger partial charge on any atom is 0.253 e. The fraction of sp³-hybridized carbons (Fsp3) is 0.304. The molecule has 1 atom stereocenters. The molecule has 1 aliphatic heterocycles. The molecule has 2 heterocycles. The minimum atomic E-state index is -3.24.